The Labute approximate surface area is 154 Å². The predicted molar refractivity (Wildman–Crippen MR) is 106 cm³/mol. The lowest BCUT2D eigenvalue weighted by Crippen LogP contribution is -2.46. The van der Waals surface area contributed by atoms with Crippen LogP contribution in [0.5, 0.6) is 5.75 Å². The van der Waals surface area contributed by atoms with Crippen molar-refractivity contribution in [3.05, 3.63) is 48.0 Å². The number of methoxy groups -OCH3 is 1. The van der Waals surface area contributed by atoms with Crippen LogP contribution in [0.3, 0.4) is 0 Å². The number of piperazine rings is 1. The van der Waals surface area contributed by atoms with Crippen LogP contribution in [0.15, 0.2) is 42.5 Å². The zero-order chi connectivity index (χ0) is 18.5. The number of carbonyl (C=O) groups is 1. The summed E-state index contributed by atoms with van der Waals surface area (Å²) >= 11 is 0. The van der Waals surface area contributed by atoms with Gasteiger partial charge in [0, 0.05) is 37.4 Å². The van der Waals surface area contributed by atoms with E-state index in [1.165, 1.54) is 0 Å². The van der Waals surface area contributed by atoms with Gasteiger partial charge >= 0.3 is 0 Å². The zero-order valence-electron chi connectivity index (χ0n) is 15.4. The number of benzene rings is 2. The van der Waals surface area contributed by atoms with Gasteiger partial charge in [-0.1, -0.05) is 13.0 Å². The summed E-state index contributed by atoms with van der Waals surface area (Å²) in [4.78, 5) is 17.4. The third-order valence-electron chi connectivity index (χ3n) is 4.76. The normalized spacial score (nSPS) is 14.9. The molecule has 2 aromatic rings. The first-order chi connectivity index (χ1) is 12.6. The van der Waals surface area contributed by atoms with Gasteiger partial charge in [0.15, 0.2) is 0 Å². The van der Waals surface area contributed by atoms with E-state index in [4.69, 9.17) is 10.5 Å². The molecule has 0 spiro atoms. The molecule has 1 aliphatic rings. The third kappa shape index (κ3) is 4.08. The van der Waals surface area contributed by atoms with Gasteiger partial charge in [-0.15, -0.1) is 0 Å². The van der Waals surface area contributed by atoms with Crippen molar-refractivity contribution < 1.29 is 9.53 Å². The summed E-state index contributed by atoms with van der Waals surface area (Å²) in [5, 5.41) is 3.01. The molecule has 0 atom stereocenters. The fourth-order valence-corrected chi connectivity index (χ4v) is 3.19. The van der Waals surface area contributed by atoms with Crippen LogP contribution in [-0.4, -0.2) is 50.6 Å². The molecule has 1 amide bonds. The van der Waals surface area contributed by atoms with Gasteiger partial charge in [0.1, 0.15) is 5.75 Å². The number of nitrogens with two attached hydrogens (primary N) is 1. The van der Waals surface area contributed by atoms with Gasteiger partial charge in [-0.2, -0.15) is 0 Å². The molecule has 0 unspecified atom stereocenters. The van der Waals surface area contributed by atoms with E-state index in [0.717, 1.165) is 44.1 Å². The molecule has 3 rings (SSSR count). The summed E-state index contributed by atoms with van der Waals surface area (Å²) in [5.74, 6) is 0.476. The first-order valence-corrected chi connectivity index (χ1v) is 8.93. The second kappa shape index (κ2) is 8.10. The van der Waals surface area contributed by atoms with Crippen LogP contribution in [-0.2, 0) is 0 Å². The smallest absolute Gasteiger partial charge is 0.255 e. The zero-order valence-corrected chi connectivity index (χ0v) is 15.4. The highest BCUT2D eigenvalue weighted by Gasteiger charge is 2.19. The number of hydrogen-bond acceptors (Lipinski definition) is 5. The quantitative estimate of drug-likeness (QED) is 0.808. The molecule has 6 heteroatoms. The number of anilines is 3. The summed E-state index contributed by atoms with van der Waals surface area (Å²) in [6.07, 6.45) is 0. The second-order valence-electron chi connectivity index (χ2n) is 6.38. The van der Waals surface area contributed by atoms with E-state index in [1.807, 2.05) is 24.3 Å². The molecule has 0 bridgehead atoms. The van der Waals surface area contributed by atoms with Crippen LogP contribution in [0.25, 0.3) is 0 Å². The highest BCUT2D eigenvalue weighted by atomic mass is 16.5. The first-order valence-electron chi connectivity index (χ1n) is 8.93. The van der Waals surface area contributed by atoms with Crippen molar-refractivity contribution >= 4 is 23.0 Å². The van der Waals surface area contributed by atoms with Gasteiger partial charge in [-0.25, -0.2) is 0 Å². The van der Waals surface area contributed by atoms with Crippen LogP contribution in [0.4, 0.5) is 17.1 Å². The number of nitrogens with zero attached hydrogens (tertiary/aromatic N) is 2. The Hall–Kier alpha value is -2.73. The van der Waals surface area contributed by atoms with E-state index in [0.29, 0.717) is 17.0 Å². The Balaban J connectivity index is 1.80. The summed E-state index contributed by atoms with van der Waals surface area (Å²) < 4.78 is 5.20. The highest BCUT2D eigenvalue weighted by Crippen LogP contribution is 2.30. The van der Waals surface area contributed by atoms with E-state index in [-0.39, 0.29) is 5.91 Å². The van der Waals surface area contributed by atoms with E-state index in [9.17, 15) is 4.79 Å². The van der Waals surface area contributed by atoms with Gasteiger partial charge < -0.3 is 25.6 Å². The number of nitrogen functional groups attached to an aromatic ring is 1. The molecular weight excluding hydrogens is 328 g/mol. The average molecular weight is 354 g/mol. The molecule has 2 aromatic carbocycles. The Morgan fingerprint density at radius 3 is 2.62 bits per heavy atom. The number of rotatable bonds is 5. The van der Waals surface area contributed by atoms with Gasteiger partial charge in [-0.3, -0.25) is 4.79 Å². The Kier molecular flexibility index (Phi) is 5.63. The number of hydrogen-bond donors (Lipinski definition) is 2. The fraction of sp³-hybridized carbons (Fsp3) is 0.350. The minimum atomic E-state index is -0.178. The van der Waals surface area contributed by atoms with Crippen LogP contribution < -0.4 is 20.7 Å². The average Bonchev–Trinajstić information content (AvgIpc) is 2.68. The molecule has 1 saturated heterocycles. The molecule has 1 heterocycles. The second-order valence-corrected chi connectivity index (χ2v) is 6.38. The highest BCUT2D eigenvalue weighted by molar-refractivity contribution is 6.06. The van der Waals surface area contributed by atoms with Crippen LogP contribution in [0, 0.1) is 0 Å². The van der Waals surface area contributed by atoms with E-state index < -0.39 is 0 Å². The number of nitrogens with one attached hydrogen (secondary N) is 1. The molecule has 0 radical (unpaired) electrons. The largest absolute Gasteiger partial charge is 0.497 e. The van der Waals surface area contributed by atoms with Gasteiger partial charge in [0.2, 0.25) is 0 Å². The van der Waals surface area contributed by atoms with Crippen LogP contribution >= 0.6 is 0 Å². The molecule has 3 N–H and O–H groups in total. The molecule has 26 heavy (non-hydrogen) atoms. The van der Waals surface area contributed by atoms with Crippen LogP contribution in [0.1, 0.15) is 17.3 Å². The Morgan fingerprint density at radius 2 is 1.92 bits per heavy atom. The van der Waals surface area contributed by atoms with E-state index in [2.05, 4.69) is 22.0 Å². The van der Waals surface area contributed by atoms with Gasteiger partial charge in [0.25, 0.3) is 5.91 Å². The van der Waals surface area contributed by atoms with Gasteiger partial charge in [-0.05, 0) is 42.9 Å². The number of amides is 1. The molecule has 1 fully saturated rings. The molecule has 0 aliphatic carbocycles. The van der Waals surface area contributed by atoms with Crippen molar-refractivity contribution in [2.24, 2.45) is 0 Å². The van der Waals surface area contributed by atoms with Crippen molar-refractivity contribution in [1.29, 1.82) is 0 Å². The van der Waals surface area contributed by atoms with Crippen LogP contribution in [0.2, 0.25) is 0 Å². The summed E-state index contributed by atoms with van der Waals surface area (Å²) in [6.45, 7) is 7.14. The lowest BCUT2D eigenvalue weighted by molar-refractivity contribution is 0.102. The maximum atomic E-state index is 12.7. The lowest BCUT2D eigenvalue weighted by Gasteiger charge is -2.36. The third-order valence-corrected chi connectivity index (χ3v) is 4.76. The standard InChI is InChI=1S/C20H26N4O2/c1-3-23-9-11-24(12-10-23)19-8-7-16(21)14-18(19)22-20(25)15-5-4-6-17(13-15)26-2/h4-8,13-14H,3,9-12,21H2,1-2H3,(H,22,25). The number of carbonyl (C=O) groups excluding carboxylic acids is 1. The SMILES string of the molecule is CCN1CCN(c2ccc(N)cc2NC(=O)c2cccc(OC)c2)CC1. The van der Waals surface area contributed by atoms with Crippen molar-refractivity contribution in [2.45, 2.75) is 6.92 Å². The monoisotopic (exact) mass is 354 g/mol. The maximum Gasteiger partial charge on any atom is 0.255 e. The number of ether oxygens (including phenoxy) is 1. The van der Waals surface area contributed by atoms with Crippen molar-refractivity contribution in [3.8, 4) is 5.75 Å². The molecule has 0 saturated carbocycles. The number of likely N-dealkylation sites (N-methyl/N-ethyl adjacent to an activating group) is 1. The lowest BCUT2D eigenvalue weighted by atomic mass is 10.1. The predicted octanol–water partition coefficient (Wildman–Crippen LogP) is 2.67. The van der Waals surface area contributed by atoms with Gasteiger partial charge in [0.05, 0.1) is 18.5 Å². The summed E-state index contributed by atoms with van der Waals surface area (Å²) in [6, 6.07) is 12.8. The molecule has 1 aliphatic heterocycles. The topological polar surface area (TPSA) is 70.8 Å². The summed E-state index contributed by atoms with van der Waals surface area (Å²) in [5.41, 5.74) is 8.88. The summed E-state index contributed by atoms with van der Waals surface area (Å²) in [7, 11) is 1.59. The molecular formula is C20H26N4O2. The first kappa shape index (κ1) is 18.1. The van der Waals surface area contributed by atoms with Crippen molar-refractivity contribution in [2.75, 3.05) is 55.8 Å². The molecule has 138 valence electrons. The minimum Gasteiger partial charge on any atom is -0.497 e. The Bertz CT molecular complexity index is 770. The van der Waals surface area contributed by atoms with Crippen molar-refractivity contribution in [3.63, 3.8) is 0 Å². The maximum absolute atomic E-state index is 12.7. The van der Waals surface area contributed by atoms with E-state index >= 15 is 0 Å². The Morgan fingerprint density at radius 1 is 1.15 bits per heavy atom. The fourth-order valence-electron chi connectivity index (χ4n) is 3.19. The molecule has 0 aromatic heterocycles. The molecule has 6 nitrogen and oxygen atoms in total. The minimum absolute atomic E-state index is 0.178. The van der Waals surface area contributed by atoms with E-state index in [1.54, 1.807) is 25.3 Å². The van der Waals surface area contributed by atoms with Crippen molar-refractivity contribution in [1.82, 2.24) is 4.90 Å².